The number of fused-ring (bicyclic) bond motifs is 1. The van der Waals surface area contributed by atoms with Gasteiger partial charge >= 0.3 is 0 Å². The summed E-state index contributed by atoms with van der Waals surface area (Å²) in [6.07, 6.45) is 2.21. The summed E-state index contributed by atoms with van der Waals surface area (Å²) in [7, 11) is -3.18. The number of hydrogen-bond donors (Lipinski definition) is 1. The summed E-state index contributed by atoms with van der Waals surface area (Å²) in [4.78, 5) is 17.7. The number of halogens is 2. The Balaban J connectivity index is 1.62. The number of rotatable bonds is 4. The van der Waals surface area contributed by atoms with Crippen LogP contribution in [0.3, 0.4) is 0 Å². The quantitative estimate of drug-likeness (QED) is 0.439. The van der Waals surface area contributed by atoms with Gasteiger partial charge in [0.2, 0.25) is 0 Å². The number of nitrogens with one attached hydrogen (secondary N) is 1. The molecule has 1 aliphatic heterocycles. The Morgan fingerprint density at radius 2 is 1.82 bits per heavy atom. The number of aromatic nitrogens is 2. The van der Waals surface area contributed by atoms with Crippen LogP contribution in [0.15, 0.2) is 66.9 Å². The molecule has 2 aromatic carbocycles. The van der Waals surface area contributed by atoms with E-state index in [0.717, 1.165) is 16.5 Å². The summed E-state index contributed by atoms with van der Waals surface area (Å²) in [6.45, 7) is 1.73. The zero-order chi connectivity index (χ0) is 24.1. The second kappa shape index (κ2) is 8.21. The van der Waals surface area contributed by atoms with E-state index in [1.807, 2.05) is 24.4 Å². The number of carbonyl (C=O) groups excluding carboxylic acids is 1. The Kier molecular flexibility index (Phi) is 5.45. The van der Waals surface area contributed by atoms with Crippen molar-refractivity contribution in [2.45, 2.75) is 18.9 Å². The van der Waals surface area contributed by atoms with Crippen LogP contribution >= 0.6 is 11.6 Å². The molecule has 0 unspecified atom stereocenters. The van der Waals surface area contributed by atoms with Crippen LogP contribution in [0.4, 0.5) is 4.39 Å². The standard InChI is InChI=1S/C25H21ClFN3O3S/c1-25(12-13-34(32,33)15-25)29-24(31)22-11-10-19-20(18-4-2-3-5-21(18)26)14-30(23(19)28-22)17-8-6-16(27)7-9-17/h2-11,14H,12-13,15H2,1H3,(H,29,31)/t25-/m0/s1. The number of amides is 1. The third kappa shape index (κ3) is 4.19. The lowest BCUT2D eigenvalue weighted by Crippen LogP contribution is -2.47. The molecule has 0 aliphatic carbocycles. The summed E-state index contributed by atoms with van der Waals surface area (Å²) in [6, 6.07) is 16.8. The van der Waals surface area contributed by atoms with Gasteiger partial charge in [0.05, 0.1) is 17.0 Å². The fraction of sp³-hybridized carbons (Fsp3) is 0.200. The summed E-state index contributed by atoms with van der Waals surface area (Å²) in [5, 5.41) is 4.18. The molecule has 4 aromatic rings. The minimum atomic E-state index is -3.18. The second-order valence-corrected chi connectivity index (χ2v) is 11.4. The van der Waals surface area contributed by atoms with Crippen molar-refractivity contribution in [3.63, 3.8) is 0 Å². The van der Waals surface area contributed by atoms with E-state index in [2.05, 4.69) is 10.3 Å². The van der Waals surface area contributed by atoms with Gasteiger partial charge in [-0.3, -0.25) is 4.79 Å². The van der Waals surface area contributed by atoms with Crippen molar-refractivity contribution in [3.8, 4) is 16.8 Å². The van der Waals surface area contributed by atoms with Gasteiger partial charge in [-0.25, -0.2) is 17.8 Å². The molecule has 1 saturated heterocycles. The van der Waals surface area contributed by atoms with E-state index < -0.39 is 21.3 Å². The van der Waals surface area contributed by atoms with Crippen molar-refractivity contribution in [3.05, 3.63) is 83.4 Å². The molecule has 1 aliphatic rings. The number of benzene rings is 2. The van der Waals surface area contributed by atoms with Crippen molar-refractivity contribution in [1.82, 2.24) is 14.9 Å². The van der Waals surface area contributed by atoms with Crippen LogP contribution in [0, 0.1) is 5.82 Å². The number of sulfone groups is 1. The Hall–Kier alpha value is -3.23. The molecule has 6 nitrogen and oxygen atoms in total. The van der Waals surface area contributed by atoms with Crippen molar-refractivity contribution in [1.29, 1.82) is 0 Å². The van der Waals surface area contributed by atoms with Gasteiger partial charge in [0.1, 0.15) is 17.2 Å². The van der Waals surface area contributed by atoms with Crippen LogP contribution in [0.2, 0.25) is 5.02 Å². The van der Waals surface area contributed by atoms with Crippen LogP contribution in [-0.4, -0.2) is 40.9 Å². The summed E-state index contributed by atoms with van der Waals surface area (Å²) < 4.78 is 39.2. The molecule has 174 valence electrons. The Bertz CT molecular complexity index is 1530. The molecule has 0 bridgehead atoms. The molecule has 0 spiro atoms. The first-order chi connectivity index (χ1) is 16.1. The third-order valence-electron chi connectivity index (χ3n) is 6.07. The van der Waals surface area contributed by atoms with Gasteiger partial charge in [-0.1, -0.05) is 29.8 Å². The summed E-state index contributed by atoms with van der Waals surface area (Å²) >= 11 is 6.46. The van der Waals surface area contributed by atoms with Gasteiger partial charge < -0.3 is 9.88 Å². The second-order valence-electron chi connectivity index (χ2n) is 8.79. The van der Waals surface area contributed by atoms with Gasteiger partial charge in [0.25, 0.3) is 5.91 Å². The molecule has 1 amide bonds. The molecular weight excluding hydrogens is 477 g/mol. The average molecular weight is 498 g/mol. The Morgan fingerprint density at radius 3 is 2.50 bits per heavy atom. The van der Waals surface area contributed by atoms with Crippen LogP contribution in [0.1, 0.15) is 23.8 Å². The van der Waals surface area contributed by atoms with Crippen LogP contribution < -0.4 is 5.32 Å². The Morgan fingerprint density at radius 1 is 1.09 bits per heavy atom. The fourth-order valence-electron chi connectivity index (χ4n) is 4.37. The van der Waals surface area contributed by atoms with Gasteiger partial charge in [0, 0.05) is 33.4 Å². The first-order valence-electron chi connectivity index (χ1n) is 10.7. The molecule has 3 heterocycles. The molecule has 2 aromatic heterocycles. The van der Waals surface area contributed by atoms with Crippen LogP contribution in [0.25, 0.3) is 27.8 Å². The van der Waals surface area contributed by atoms with Crippen molar-refractivity contribution in [2.24, 2.45) is 0 Å². The monoisotopic (exact) mass is 497 g/mol. The maximum atomic E-state index is 13.6. The first-order valence-corrected chi connectivity index (χ1v) is 12.9. The molecule has 34 heavy (non-hydrogen) atoms. The summed E-state index contributed by atoms with van der Waals surface area (Å²) in [5.41, 5.74) is 2.11. The number of carbonyl (C=O) groups is 1. The first kappa shape index (κ1) is 22.6. The van der Waals surface area contributed by atoms with Crippen molar-refractivity contribution < 1.29 is 17.6 Å². The highest BCUT2D eigenvalue weighted by atomic mass is 35.5. The highest BCUT2D eigenvalue weighted by molar-refractivity contribution is 7.91. The van der Waals surface area contributed by atoms with E-state index in [1.165, 1.54) is 12.1 Å². The van der Waals surface area contributed by atoms with Gasteiger partial charge in [-0.2, -0.15) is 0 Å². The number of nitrogens with zero attached hydrogens (tertiary/aromatic N) is 2. The number of pyridine rings is 1. The maximum Gasteiger partial charge on any atom is 0.270 e. The normalized spacial score (nSPS) is 19.4. The van der Waals surface area contributed by atoms with E-state index >= 15 is 0 Å². The topological polar surface area (TPSA) is 81.1 Å². The molecule has 1 atom stereocenters. The molecule has 0 radical (unpaired) electrons. The van der Waals surface area contributed by atoms with Crippen molar-refractivity contribution in [2.75, 3.05) is 11.5 Å². The number of hydrogen-bond acceptors (Lipinski definition) is 4. The minimum Gasteiger partial charge on any atom is -0.344 e. The van der Waals surface area contributed by atoms with E-state index in [0.29, 0.717) is 22.8 Å². The largest absolute Gasteiger partial charge is 0.344 e. The molecular formula is C25H21ClFN3O3S. The highest BCUT2D eigenvalue weighted by Gasteiger charge is 2.39. The lowest BCUT2D eigenvalue weighted by molar-refractivity contribution is 0.0910. The lowest BCUT2D eigenvalue weighted by Gasteiger charge is -2.23. The predicted molar refractivity (Wildman–Crippen MR) is 131 cm³/mol. The lowest BCUT2D eigenvalue weighted by atomic mass is 10.0. The Labute approximate surface area is 201 Å². The van der Waals surface area contributed by atoms with E-state index in [9.17, 15) is 17.6 Å². The smallest absolute Gasteiger partial charge is 0.270 e. The third-order valence-corrected chi connectivity index (χ3v) is 8.30. The molecule has 0 saturated carbocycles. The molecule has 1 N–H and O–H groups in total. The van der Waals surface area contributed by atoms with E-state index in [4.69, 9.17) is 11.6 Å². The van der Waals surface area contributed by atoms with Gasteiger partial charge in [-0.05, 0) is 55.8 Å². The SMILES string of the molecule is C[C@]1(NC(=O)c2ccc3c(-c4ccccc4Cl)cn(-c4ccc(F)cc4)c3n2)CCS(=O)(=O)C1. The van der Waals surface area contributed by atoms with Crippen LogP contribution in [0.5, 0.6) is 0 Å². The van der Waals surface area contributed by atoms with Crippen molar-refractivity contribution >= 4 is 38.4 Å². The van der Waals surface area contributed by atoms with E-state index in [1.54, 1.807) is 41.8 Å². The van der Waals surface area contributed by atoms with Gasteiger partial charge in [0.15, 0.2) is 9.84 Å². The molecule has 1 fully saturated rings. The van der Waals surface area contributed by atoms with Crippen LogP contribution in [-0.2, 0) is 9.84 Å². The maximum absolute atomic E-state index is 13.6. The summed E-state index contributed by atoms with van der Waals surface area (Å²) in [5.74, 6) is -0.867. The van der Waals surface area contributed by atoms with Gasteiger partial charge in [-0.15, -0.1) is 0 Å². The minimum absolute atomic E-state index is 0.0465. The predicted octanol–water partition coefficient (Wildman–Crippen LogP) is 4.79. The fourth-order valence-corrected chi connectivity index (χ4v) is 6.70. The zero-order valence-corrected chi connectivity index (χ0v) is 19.8. The molecule has 9 heteroatoms. The zero-order valence-electron chi connectivity index (χ0n) is 18.3. The molecule has 5 rings (SSSR count). The highest BCUT2D eigenvalue weighted by Crippen LogP contribution is 2.36. The van der Waals surface area contributed by atoms with E-state index in [-0.39, 0.29) is 23.0 Å². The average Bonchev–Trinajstić information content (AvgIpc) is 3.30.